The van der Waals surface area contributed by atoms with Gasteiger partial charge < -0.3 is 5.11 Å². The summed E-state index contributed by atoms with van der Waals surface area (Å²) in [6.45, 7) is 0. The van der Waals surface area contributed by atoms with Crippen molar-refractivity contribution in [1.82, 2.24) is 0 Å². The summed E-state index contributed by atoms with van der Waals surface area (Å²) in [6, 6.07) is 6.30. The molecule has 1 aromatic carbocycles. The second-order valence-electron chi connectivity index (χ2n) is 2.78. The molecule has 0 saturated heterocycles. The standard InChI is InChI=1S/C9H7BrF2O2/c10-7-4-2-1-3-6(7)5-9(11,12)8(13)14/h1-4H,5H2,(H,13,14). The van der Waals surface area contributed by atoms with Crippen LogP contribution in [-0.2, 0) is 11.2 Å². The molecule has 1 rings (SSSR count). The van der Waals surface area contributed by atoms with Crippen LogP contribution in [0.15, 0.2) is 28.7 Å². The Morgan fingerprint density at radius 3 is 2.50 bits per heavy atom. The first-order valence-electron chi connectivity index (χ1n) is 3.78. The van der Waals surface area contributed by atoms with Gasteiger partial charge in [-0.25, -0.2) is 4.79 Å². The number of carboxylic acid groups (broad SMARTS) is 1. The van der Waals surface area contributed by atoms with Crippen LogP contribution in [0.1, 0.15) is 5.56 Å². The molecule has 0 spiro atoms. The second kappa shape index (κ2) is 4.04. The fourth-order valence-corrected chi connectivity index (χ4v) is 1.38. The highest BCUT2D eigenvalue weighted by molar-refractivity contribution is 9.10. The van der Waals surface area contributed by atoms with Gasteiger partial charge >= 0.3 is 11.9 Å². The Kier molecular flexibility index (Phi) is 3.21. The largest absolute Gasteiger partial charge is 0.477 e. The van der Waals surface area contributed by atoms with Crippen molar-refractivity contribution in [3.63, 3.8) is 0 Å². The SMILES string of the molecule is O=C(O)C(F)(F)Cc1ccccc1Br. The number of carboxylic acids is 1. The molecule has 0 unspecified atom stereocenters. The predicted molar refractivity (Wildman–Crippen MR) is 50.4 cm³/mol. The summed E-state index contributed by atoms with van der Waals surface area (Å²) in [4.78, 5) is 10.2. The van der Waals surface area contributed by atoms with E-state index in [2.05, 4.69) is 15.9 Å². The zero-order valence-electron chi connectivity index (χ0n) is 7.01. The van der Waals surface area contributed by atoms with Crippen molar-refractivity contribution in [3.05, 3.63) is 34.3 Å². The lowest BCUT2D eigenvalue weighted by Crippen LogP contribution is -2.30. The van der Waals surface area contributed by atoms with E-state index in [1.54, 1.807) is 18.2 Å². The number of hydrogen-bond donors (Lipinski definition) is 1. The Hall–Kier alpha value is -0.970. The zero-order chi connectivity index (χ0) is 10.8. The molecule has 0 amide bonds. The van der Waals surface area contributed by atoms with E-state index in [9.17, 15) is 13.6 Å². The molecule has 0 heterocycles. The van der Waals surface area contributed by atoms with E-state index < -0.39 is 18.3 Å². The molecule has 0 atom stereocenters. The molecule has 1 N–H and O–H groups in total. The highest BCUT2D eigenvalue weighted by Crippen LogP contribution is 2.25. The third-order valence-corrected chi connectivity index (χ3v) is 2.46. The van der Waals surface area contributed by atoms with E-state index in [1.807, 2.05) is 0 Å². The minimum atomic E-state index is -3.72. The number of carbonyl (C=O) groups is 1. The zero-order valence-corrected chi connectivity index (χ0v) is 8.59. The topological polar surface area (TPSA) is 37.3 Å². The second-order valence-corrected chi connectivity index (χ2v) is 3.63. The average molecular weight is 265 g/mol. The fraction of sp³-hybridized carbons (Fsp3) is 0.222. The molecule has 0 bridgehead atoms. The molecular weight excluding hydrogens is 258 g/mol. The lowest BCUT2D eigenvalue weighted by Gasteiger charge is -2.11. The summed E-state index contributed by atoms with van der Waals surface area (Å²) in [5, 5.41) is 8.23. The van der Waals surface area contributed by atoms with Gasteiger partial charge in [0.2, 0.25) is 0 Å². The summed E-state index contributed by atoms with van der Waals surface area (Å²) in [5.74, 6) is -5.82. The Morgan fingerprint density at radius 1 is 1.43 bits per heavy atom. The molecule has 14 heavy (non-hydrogen) atoms. The normalized spacial score (nSPS) is 11.4. The smallest absolute Gasteiger partial charge is 0.374 e. The van der Waals surface area contributed by atoms with Gasteiger partial charge in [-0.05, 0) is 11.6 Å². The molecule has 0 radical (unpaired) electrons. The highest BCUT2D eigenvalue weighted by Gasteiger charge is 2.39. The molecule has 0 fully saturated rings. The summed E-state index contributed by atoms with van der Waals surface area (Å²) in [5.41, 5.74) is 0.278. The van der Waals surface area contributed by atoms with Crippen LogP contribution in [0.5, 0.6) is 0 Å². The fourth-order valence-electron chi connectivity index (χ4n) is 0.957. The Balaban J connectivity index is 2.89. The van der Waals surface area contributed by atoms with Crippen molar-refractivity contribution in [1.29, 1.82) is 0 Å². The van der Waals surface area contributed by atoms with Gasteiger partial charge in [-0.1, -0.05) is 34.1 Å². The maximum Gasteiger partial charge on any atom is 0.374 e. The lowest BCUT2D eigenvalue weighted by molar-refractivity contribution is -0.164. The number of aliphatic carboxylic acids is 1. The predicted octanol–water partition coefficient (Wildman–Crippen LogP) is 2.71. The van der Waals surface area contributed by atoms with E-state index in [0.29, 0.717) is 4.47 Å². The van der Waals surface area contributed by atoms with Gasteiger partial charge in [0.1, 0.15) is 0 Å². The number of hydrogen-bond acceptors (Lipinski definition) is 1. The quantitative estimate of drug-likeness (QED) is 0.912. The van der Waals surface area contributed by atoms with Crippen LogP contribution < -0.4 is 0 Å². The maximum atomic E-state index is 12.8. The number of alkyl halides is 2. The molecule has 1 aromatic rings. The van der Waals surface area contributed by atoms with Gasteiger partial charge in [0.05, 0.1) is 0 Å². The summed E-state index contributed by atoms with van der Waals surface area (Å²) >= 11 is 3.07. The summed E-state index contributed by atoms with van der Waals surface area (Å²) in [7, 11) is 0. The van der Waals surface area contributed by atoms with E-state index >= 15 is 0 Å². The van der Waals surface area contributed by atoms with E-state index in [0.717, 1.165) is 0 Å². The van der Waals surface area contributed by atoms with Gasteiger partial charge in [-0.3, -0.25) is 0 Å². The minimum Gasteiger partial charge on any atom is -0.477 e. The van der Waals surface area contributed by atoms with Crippen LogP contribution in [0.25, 0.3) is 0 Å². The molecule has 0 aromatic heterocycles. The van der Waals surface area contributed by atoms with Gasteiger partial charge in [0.25, 0.3) is 0 Å². The monoisotopic (exact) mass is 264 g/mol. The summed E-state index contributed by atoms with van der Waals surface area (Å²) in [6.07, 6.45) is -0.802. The van der Waals surface area contributed by atoms with E-state index in [4.69, 9.17) is 5.11 Å². The van der Waals surface area contributed by atoms with Crippen LogP contribution in [0.4, 0.5) is 8.78 Å². The molecule has 0 saturated carbocycles. The first-order chi connectivity index (χ1) is 6.43. The van der Waals surface area contributed by atoms with Gasteiger partial charge in [0.15, 0.2) is 0 Å². The third-order valence-electron chi connectivity index (χ3n) is 1.68. The van der Waals surface area contributed by atoms with Crippen LogP contribution in [-0.4, -0.2) is 17.0 Å². The summed E-state index contributed by atoms with van der Waals surface area (Å²) < 4.78 is 26.1. The third kappa shape index (κ3) is 2.51. The molecule has 0 aliphatic rings. The van der Waals surface area contributed by atoms with E-state index in [-0.39, 0.29) is 5.56 Å². The Morgan fingerprint density at radius 2 is 2.00 bits per heavy atom. The maximum absolute atomic E-state index is 12.8. The van der Waals surface area contributed by atoms with Gasteiger partial charge in [0, 0.05) is 10.9 Å². The Labute approximate surface area is 87.7 Å². The van der Waals surface area contributed by atoms with Crippen molar-refractivity contribution >= 4 is 21.9 Å². The number of rotatable bonds is 3. The molecule has 2 nitrogen and oxygen atoms in total. The van der Waals surface area contributed by atoms with Gasteiger partial charge in [-0.2, -0.15) is 8.78 Å². The lowest BCUT2D eigenvalue weighted by atomic mass is 10.1. The highest BCUT2D eigenvalue weighted by atomic mass is 79.9. The van der Waals surface area contributed by atoms with Crippen molar-refractivity contribution in [2.24, 2.45) is 0 Å². The minimum absolute atomic E-state index is 0.278. The van der Waals surface area contributed by atoms with Crippen molar-refractivity contribution in [2.75, 3.05) is 0 Å². The average Bonchev–Trinajstić information content (AvgIpc) is 2.08. The van der Waals surface area contributed by atoms with E-state index in [1.165, 1.54) is 6.07 Å². The molecular formula is C9H7BrF2O2. The molecule has 76 valence electrons. The molecule has 0 aliphatic carbocycles. The molecule has 5 heteroatoms. The first-order valence-corrected chi connectivity index (χ1v) is 4.57. The van der Waals surface area contributed by atoms with Crippen molar-refractivity contribution < 1.29 is 18.7 Å². The van der Waals surface area contributed by atoms with Crippen LogP contribution in [0, 0.1) is 0 Å². The van der Waals surface area contributed by atoms with Crippen molar-refractivity contribution in [3.8, 4) is 0 Å². The first kappa shape index (κ1) is 11.1. The Bertz CT molecular complexity index is 352. The molecule has 0 aliphatic heterocycles. The van der Waals surface area contributed by atoms with Crippen LogP contribution >= 0.6 is 15.9 Å². The van der Waals surface area contributed by atoms with Crippen LogP contribution in [0.2, 0.25) is 0 Å². The van der Waals surface area contributed by atoms with Crippen LogP contribution in [0.3, 0.4) is 0 Å². The number of benzene rings is 1. The number of halogens is 3. The van der Waals surface area contributed by atoms with Gasteiger partial charge in [-0.15, -0.1) is 0 Å². The van der Waals surface area contributed by atoms with Crippen molar-refractivity contribution in [2.45, 2.75) is 12.3 Å².